The molecule has 0 aliphatic rings. The van der Waals surface area contributed by atoms with Crippen molar-refractivity contribution in [2.45, 2.75) is 79.7 Å². The van der Waals surface area contributed by atoms with Crippen molar-refractivity contribution in [1.82, 2.24) is 0 Å². The first-order valence-electron chi connectivity index (χ1n) is 8.10. The molecule has 0 saturated carbocycles. The van der Waals surface area contributed by atoms with E-state index in [1.807, 2.05) is 0 Å². The largest absolute Gasteiger partial charge is 0.481 e. The highest BCUT2D eigenvalue weighted by atomic mass is 19.4. The zero-order valence-corrected chi connectivity index (χ0v) is 15.3. The van der Waals surface area contributed by atoms with E-state index in [1.165, 1.54) is 0 Å². The van der Waals surface area contributed by atoms with Crippen LogP contribution in [0.1, 0.15) is 32.1 Å². The molecule has 0 unspecified atom stereocenters. The fourth-order valence-corrected chi connectivity index (χ4v) is 2.15. The first-order valence-corrected chi connectivity index (χ1v) is 8.10. The summed E-state index contributed by atoms with van der Waals surface area (Å²) in [6.07, 6.45) is -13.7. The van der Waals surface area contributed by atoms with Crippen LogP contribution >= 0.6 is 0 Å². The summed E-state index contributed by atoms with van der Waals surface area (Å²) in [5, 5.41) is 8.24. The minimum absolute atomic E-state index is 0.541. The van der Waals surface area contributed by atoms with Gasteiger partial charge in [0.1, 0.15) is 0 Å². The fourth-order valence-electron chi connectivity index (χ4n) is 2.15. The van der Waals surface area contributed by atoms with Crippen LogP contribution < -0.4 is 0 Å². The highest BCUT2D eigenvalue weighted by Crippen LogP contribution is 2.64. The lowest BCUT2D eigenvalue weighted by atomic mass is 9.88. The second-order valence-corrected chi connectivity index (χ2v) is 6.60. The monoisotopic (exact) mass is 534 g/mol. The molecule has 0 saturated heterocycles. The molecule has 198 valence electrons. The Morgan fingerprint density at radius 2 is 0.818 bits per heavy atom. The number of aliphatic carboxylic acids is 1. The average molecular weight is 534 g/mol. The molecular formula is C14H11F17O2. The third-order valence-corrected chi connectivity index (χ3v) is 4.17. The number of halogens is 17. The molecule has 0 radical (unpaired) electrons. The molecular weight excluding hydrogens is 523 g/mol. The smallest absolute Gasteiger partial charge is 0.460 e. The number of alkyl halides is 17. The number of rotatable bonds is 12. The highest BCUT2D eigenvalue weighted by Gasteiger charge is 2.95. The van der Waals surface area contributed by atoms with Crippen LogP contribution in [0.15, 0.2) is 0 Å². The molecule has 0 heterocycles. The summed E-state index contributed by atoms with van der Waals surface area (Å²) < 4.78 is 221. The van der Waals surface area contributed by atoms with Crippen molar-refractivity contribution in [2.24, 2.45) is 0 Å². The predicted octanol–water partition coefficient (Wildman–Crippen LogP) is 7.03. The molecule has 0 aliphatic carbocycles. The molecule has 0 atom stereocenters. The van der Waals surface area contributed by atoms with E-state index in [4.69, 9.17) is 5.11 Å². The number of carboxylic acids is 1. The number of unbranched alkanes of at least 4 members (excludes halogenated alkanes) is 2. The van der Waals surface area contributed by atoms with Crippen LogP contribution in [0.3, 0.4) is 0 Å². The molecule has 0 bridgehead atoms. The first kappa shape index (κ1) is 31.3. The number of hydrogen-bond donors (Lipinski definition) is 1. The van der Waals surface area contributed by atoms with E-state index in [0.717, 1.165) is 0 Å². The quantitative estimate of drug-likeness (QED) is 0.216. The summed E-state index contributed by atoms with van der Waals surface area (Å²) in [6, 6.07) is 0. The van der Waals surface area contributed by atoms with Crippen molar-refractivity contribution in [3.05, 3.63) is 0 Å². The van der Waals surface area contributed by atoms with E-state index in [1.54, 1.807) is 0 Å². The second-order valence-electron chi connectivity index (χ2n) is 6.60. The van der Waals surface area contributed by atoms with Crippen LogP contribution in [0.2, 0.25) is 0 Å². The van der Waals surface area contributed by atoms with Gasteiger partial charge in [-0.25, -0.2) is 0 Å². The minimum atomic E-state index is -8.64. The molecule has 0 rings (SSSR count). The molecule has 0 aromatic rings. The molecule has 0 aliphatic heterocycles. The standard InChI is InChI=1S/C14H11F17O2/c15-7(16,5-3-1-2-4-6(32)33)8(17,18)9(19,20)10(21,22)11(23,24)12(25,26)13(27,28)14(29,30)31/h1-5H2,(H,32,33). The van der Waals surface area contributed by atoms with Gasteiger partial charge in [-0.15, -0.1) is 0 Å². The van der Waals surface area contributed by atoms with Crippen LogP contribution in [0.25, 0.3) is 0 Å². The van der Waals surface area contributed by atoms with Gasteiger partial charge < -0.3 is 5.11 Å². The lowest BCUT2D eigenvalue weighted by Crippen LogP contribution is -2.74. The molecule has 0 amide bonds. The SMILES string of the molecule is O=C(O)CCCCCC(F)(F)C(F)(F)C(F)(F)C(F)(F)C(F)(F)C(F)(F)C(F)(F)C(F)(F)F. The maximum Gasteiger partial charge on any atom is 0.460 e. The second kappa shape index (κ2) is 8.81. The van der Waals surface area contributed by atoms with Crippen LogP contribution in [-0.4, -0.2) is 58.7 Å². The lowest BCUT2D eigenvalue weighted by Gasteiger charge is -2.42. The maximum absolute atomic E-state index is 13.5. The van der Waals surface area contributed by atoms with Crippen molar-refractivity contribution >= 4 is 5.97 Å². The Bertz CT molecular complexity index is 694. The van der Waals surface area contributed by atoms with Crippen LogP contribution in [0.4, 0.5) is 74.6 Å². The van der Waals surface area contributed by atoms with Gasteiger partial charge >= 0.3 is 53.6 Å². The third-order valence-electron chi connectivity index (χ3n) is 4.17. The van der Waals surface area contributed by atoms with Gasteiger partial charge in [-0.05, 0) is 12.8 Å². The number of carboxylic acid groups (broad SMARTS) is 1. The van der Waals surface area contributed by atoms with Crippen molar-refractivity contribution in [2.75, 3.05) is 0 Å². The molecule has 0 aromatic heterocycles. The summed E-state index contributed by atoms with van der Waals surface area (Å²) in [4.78, 5) is 10.2. The predicted molar refractivity (Wildman–Crippen MR) is 71.4 cm³/mol. The van der Waals surface area contributed by atoms with Gasteiger partial charge in [-0.1, -0.05) is 6.42 Å². The van der Waals surface area contributed by atoms with Gasteiger partial charge in [-0.2, -0.15) is 74.6 Å². The van der Waals surface area contributed by atoms with E-state index in [-0.39, 0.29) is 0 Å². The van der Waals surface area contributed by atoms with Crippen molar-refractivity contribution in [1.29, 1.82) is 0 Å². The lowest BCUT2D eigenvalue weighted by molar-refractivity contribution is -0.461. The summed E-state index contributed by atoms with van der Waals surface area (Å²) >= 11 is 0. The van der Waals surface area contributed by atoms with Crippen LogP contribution in [-0.2, 0) is 4.79 Å². The van der Waals surface area contributed by atoms with Gasteiger partial charge in [0.05, 0.1) is 0 Å². The minimum Gasteiger partial charge on any atom is -0.481 e. The van der Waals surface area contributed by atoms with Crippen molar-refractivity contribution in [3.63, 3.8) is 0 Å². The normalized spacial score (nSPS) is 15.7. The molecule has 0 spiro atoms. The Balaban J connectivity index is 6.19. The Labute approximate surface area is 171 Å². The van der Waals surface area contributed by atoms with Gasteiger partial charge in [-0.3, -0.25) is 4.79 Å². The third kappa shape index (κ3) is 4.90. The van der Waals surface area contributed by atoms with E-state index < -0.39 is 85.7 Å². The number of hydrogen-bond acceptors (Lipinski definition) is 1. The highest BCUT2D eigenvalue weighted by molar-refractivity contribution is 5.66. The van der Waals surface area contributed by atoms with Gasteiger partial charge in [0.15, 0.2) is 0 Å². The zero-order chi connectivity index (χ0) is 27.1. The first-order chi connectivity index (χ1) is 14.2. The van der Waals surface area contributed by atoms with E-state index in [2.05, 4.69) is 0 Å². The van der Waals surface area contributed by atoms with Crippen molar-refractivity contribution in [3.8, 4) is 0 Å². The Kier molecular flexibility index (Phi) is 8.35. The number of carbonyl (C=O) groups is 1. The summed E-state index contributed by atoms with van der Waals surface area (Å²) in [7, 11) is 0. The summed E-state index contributed by atoms with van der Waals surface area (Å²) in [6.45, 7) is 0. The summed E-state index contributed by atoms with van der Waals surface area (Å²) in [5.41, 5.74) is 0. The molecule has 19 heteroatoms. The van der Waals surface area contributed by atoms with Crippen LogP contribution in [0.5, 0.6) is 0 Å². The molecule has 0 aromatic carbocycles. The molecule has 0 fully saturated rings. The Morgan fingerprint density at radius 3 is 1.15 bits per heavy atom. The van der Waals surface area contributed by atoms with Gasteiger partial charge in [0.2, 0.25) is 0 Å². The fraction of sp³-hybridized carbons (Fsp3) is 0.929. The Morgan fingerprint density at radius 1 is 0.485 bits per heavy atom. The molecule has 2 nitrogen and oxygen atoms in total. The Hall–Kier alpha value is -1.72. The molecule has 1 N–H and O–H groups in total. The molecule has 33 heavy (non-hydrogen) atoms. The van der Waals surface area contributed by atoms with E-state index >= 15 is 0 Å². The van der Waals surface area contributed by atoms with Gasteiger partial charge in [0, 0.05) is 12.8 Å². The summed E-state index contributed by atoms with van der Waals surface area (Å²) in [5.74, 6) is -57.8. The average Bonchev–Trinajstić information content (AvgIpc) is 2.58. The van der Waals surface area contributed by atoms with Gasteiger partial charge in [0.25, 0.3) is 0 Å². The zero-order valence-electron chi connectivity index (χ0n) is 15.3. The van der Waals surface area contributed by atoms with Crippen molar-refractivity contribution < 1.29 is 84.5 Å². The van der Waals surface area contributed by atoms with E-state index in [9.17, 15) is 79.4 Å². The van der Waals surface area contributed by atoms with E-state index in [0.29, 0.717) is 0 Å². The van der Waals surface area contributed by atoms with Crippen LogP contribution in [0, 0.1) is 0 Å². The topological polar surface area (TPSA) is 37.3 Å². The maximum atomic E-state index is 13.5.